The topological polar surface area (TPSA) is 66.4 Å². The lowest BCUT2D eigenvalue weighted by Crippen LogP contribution is -2.17. The summed E-state index contributed by atoms with van der Waals surface area (Å²) in [6.45, 7) is 0. The van der Waals surface area contributed by atoms with Crippen molar-refractivity contribution in [1.82, 2.24) is 0 Å². The van der Waals surface area contributed by atoms with Gasteiger partial charge in [0.2, 0.25) is 5.91 Å². The third-order valence-corrected chi connectivity index (χ3v) is 2.70. The van der Waals surface area contributed by atoms with Crippen LogP contribution in [-0.2, 0) is 9.59 Å². The summed E-state index contributed by atoms with van der Waals surface area (Å²) in [4.78, 5) is 22.0. The van der Waals surface area contributed by atoms with Crippen LogP contribution in [0.15, 0.2) is 12.1 Å². The molecule has 0 saturated heterocycles. The van der Waals surface area contributed by atoms with Crippen molar-refractivity contribution in [2.24, 2.45) is 11.8 Å². The Morgan fingerprint density at radius 3 is 2.17 bits per heavy atom. The molecule has 0 aliphatic heterocycles. The summed E-state index contributed by atoms with van der Waals surface area (Å²) < 4.78 is 38.3. The van der Waals surface area contributed by atoms with E-state index in [1.165, 1.54) is 0 Å². The molecule has 96 valence electrons. The molecule has 1 aromatic carbocycles. The summed E-state index contributed by atoms with van der Waals surface area (Å²) in [5.74, 6) is -7.67. The lowest BCUT2D eigenvalue weighted by atomic mass is 10.2. The SMILES string of the molecule is O=C(O)[C@H]1C[C@H]1C(=O)Nc1cc(F)c(F)c(F)c1. The van der Waals surface area contributed by atoms with E-state index in [0.29, 0.717) is 12.1 Å². The van der Waals surface area contributed by atoms with Crippen LogP contribution in [0.5, 0.6) is 0 Å². The van der Waals surface area contributed by atoms with Crippen molar-refractivity contribution in [3.8, 4) is 0 Å². The average molecular weight is 259 g/mol. The first-order chi connectivity index (χ1) is 8.40. The molecule has 0 spiro atoms. The number of hydrogen-bond acceptors (Lipinski definition) is 2. The van der Waals surface area contributed by atoms with Crippen LogP contribution in [0.1, 0.15) is 6.42 Å². The van der Waals surface area contributed by atoms with Crippen molar-refractivity contribution in [1.29, 1.82) is 0 Å². The minimum atomic E-state index is -1.62. The third kappa shape index (κ3) is 2.29. The lowest BCUT2D eigenvalue weighted by molar-refractivity contribution is -0.139. The molecule has 0 heterocycles. The number of benzene rings is 1. The normalized spacial score (nSPS) is 21.5. The van der Waals surface area contributed by atoms with Gasteiger partial charge < -0.3 is 10.4 Å². The summed E-state index contributed by atoms with van der Waals surface area (Å²) in [7, 11) is 0. The first-order valence-corrected chi connectivity index (χ1v) is 5.08. The molecular formula is C11H8F3NO3. The molecule has 1 aliphatic carbocycles. The molecule has 4 nitrogen and oxygen atoms in total. The van der Waals surface area contributed by atoms with Crippen LogP contribution < -0.4 is 5.32 Å². The Labute approximate surface area is 99.4 Å². The highest BCUT2D eigenvalue weighted by Crippen LogP contribution is 2.39. The fraction of sp³-hybridized carbons (Fsp3) is 0.273. The van der Waals surface area contributed by atoms with Gasteiger partial charge in [-0.3, -0.25) is 9.59 Å². The summed E-state index contributed by atoms with van der Waals surface area (Å²) in [6.07, 6.45) is 0.188. The molecule has 18 heavy (non-hydrogen) atoms. The minimum Gasteiger partial charge on any atom is -0.481 e. The molecule has 0 bridgehead atoms. The van der Waals surface area contributed by atoms with Gasteiger partial charge in [0, 0.05) is 17.8 Å². The zero-order valence-corrected chi connectivity index (χ0v) is 8.91. The van der Waals surface area contributed by atoms with Crippen LogP contribution in [0.3, 0.4) is 0 Å². The second-order valence-corrected chi connectivity index (χ2v) is 4.03. The number of nitrogens with one attached hydrogen (secondary N) is 1. The van der Waals surface area contributed by atoms with Crippen molar-refractivity contribution in [3.05, 3.63) is 29.6 Å². The standard InChI is InChI=1S/C11H8F3NO3/c12-7-1-4(2-8(13)9(7)14)15-10(16)5-3-6(5)11(17)18/h1-2,5-6H,3H2,(H,15,16)(H,17,18)/t5-,6+/m1/s1. The number of halogens is 3. The highest BCUT2D eigenvalue weighted by molar-refractivity contribution is 5.98. The maximum atomic E-state index is 12.9. The van der Waals surface area contributed by atoms with E-state index in [4.69, 9.17) is 5.11 Å². The van der Waals surface area contributed by atoms with E-state index in [1.807, 2.05) is 0 Å². The largest absolute Gasteiger partial charge is 0.481 e. The van der Waals surface area contributed by atoms with E-state index in [2.05, 4.69) is 5.32 Å². The number of carboxylic acid groups (broad SMARTS) is 1. The summed E-state index contributed by atoms with van der Waals surface area (Å²) in [6, 6.07) is 1.27. The number of aliphatic carboxylic acids is 1. The van der Waals surface area contributed by atoms with Gasteiger partial charge in [0.25, 0.3) is 0 Å². The molecular weight excluding hydrogens is 251 g/mol. The quantitative estimate of drug-likeness (QED) is 0.813. The van der Waals surface area contributed by atoms with Crippen molar-refractivity contribution < 1.29 is 27.9 Å². The number of anilines is 1. The van der Waals surface area contributed by atoms with Crippen molar-refractivity contribution in [3.63, 3.8) is 0 Å². The summed E-state index contributed by atoms with van der Waals surface area (Å²) in [5, 5.41) is 10.8. The van der Waals surface area contributed by atoms with E-state index in [1.54, 1.807) is 0 Å². The molecule has 1 amide bonds. The predicted molar refractivity (Wildman–Crippen MR) is 54.2 cm³/mol. The molecule has 7 heteroatoms. The molecule has 1 fully saturated rings. The molecule has 0 aromatic heterocycles. The molecule has 2 N–H and O–H groups in total. The molecule has 1 saturated carbocycles. The molecule has 1 aliphatic rings. The number of carbonyl (C=O) groups excluding carboxylic acids is 1. The van der Waals surface area contributed by atoms with E-state index < -0.39 is 41.2 Å². The zero-order valence-electron chi connectivity index (χ0n) is 8.91. The Morgan fingerprint density at radius 2 is 1.72 bits per heavy atom. The van der Waals surface area contributed by atoms with Gasteiger partial charge in [-0.25, -0.2) is 13.2 Å². The number of carboxylic acids is 1. The van der Waals surface area contributed by atoms with Crippen molar-refractivity contribution in [2.75, 3.05) is 5.32 Å². The minimum absolute atomic E-state index is 0.188. The Morgan fingerprint density at radius 1 is 1.17 bits per heavy atom. The fourth-order valence-electron chi connectivity index (χ4n) is 1.62. The first kappa shape index (κ1) is 12.4. The van der Waals surface area contributed by atoms with Crippen molar-refractivity contribution in [2.45, 2.75) is 6.42 Å². The third-order valence-electron chi connectivity index (χ3n) is 2.70. The monoisotopic (exact) mass is 259 g/mol. The first-order valence-electron chi connectivity index (χ1n) is 5.08. The van der Waals surface area contributed by atoms with Crippen LogP contribution in [0.2, 0.25) is 0 Å². The summed E-state index contributed by atoms with van der Waals surface area (Å²) >= 11 is 0. The second-order valence-electron chi connectivity index (χ2n) is 4.03. The fourth-order valence-corrected chi connectivity index (χ4v) is 1.62. The van der Waals surface area contributed by atoms with E-state index >= 15 is 0 Å². The van der Waals surface area contributed by atoms with Gasteiger partial charge in [-0.1, -0.05) is 0 Å². The second kappa shape index (κ2) is 4.32. The van der Waals surface area contributed by atoms with Crippen LogP contribution in [0, 0.1) is 29.3 Å². The number of carbonyl (C=O) groups is 2. The highest BCUT2D eigenvalue weighted by Gasteiger charge is 2.48. The molecule has 2 atom stereocenters. The highest BCUT2D eigenvalue weighted by atomic mass is 19.2. The van der Waals surface area contributed by atoms with Gasteiger partial charge in [0.1, 0.15) is 0 Å². The molecule has 2 rings (SSSR count). The molecule has 0 radical (unpaired) electrons. The Hall–Kier alpha value is -2.05. The lowest BCUT2D eigenvalue weighted by Gasteiger charge is -2.05. The Balaban J connectivity index is 2.07. The number of hydrogen-bond donors (Lipinski definition) is 2. The Bertz CT molecular complexity index is 509. The van der Waals surface area contributed by atoms with Gasteiger partial charge in [0.05, 0.1) is 11.8 Å². The number of amides is 1. The van der Waals surface area contributed by atoms with E-state index in [0.717, 1.165) is 0 Å². The Kier molecular flexibility index (Phi) is 2.98. The number of rotatable bonds is 3. The van der Waals surface area contributed by atoms with Gasteiger partial charge >= 0.3 is 5.97 Å². The van der Waals surface area contributed by atoms with E-state index in [-0.39, 0.29) is 12.1 Å². The average Bonchev–Trinajstić information content (AvgIpc) is 3.05. The van der Waals surface area contributed by atoms with Gasteiger partial charge in [-0.2, -0.15) is 0 Å². The van der Waals surface area contributed by atoms with Gasteiger partial charge in [0.15, 0.2) is 17.5 Å². The predicted octanol–water partition coefficient (Wildman–Crippen LogP) is 1.76. The van der Waals surface area contributed by atoms with Crippen LogP contribution >= 0.6 is 0 Å². The van der Waals surface area contributed by atoms with Gasteiger partial charge in [-0.05, 0) is 6.42 Å². The van der Waals surface area contributed by atoms with Crippen LogP contribution in [0.4, 0.5) is 18.9 Å². The van der Waals surface area contributed by atoms with Crippen molar-refractivity contribution >= 4 is 17.6 Å². The maximum absolute atomic E-state index is 12.9. The molecule has 1 aromatic rings. The molecule has 0 unspecified atom stereocenters. The smallest absolute Gasteiger partial charge is 0.307 e. The van der Waals surface area contributed by atoms with E-state index in [9.17, 15) is 22.8 Å². The zero-order chi connectivity index (χ0) is 13.4. The maximum Gasteiger partial charge on any atom is 0.307 e. The van der Waals surface area contributed by atoms with Crippen LogP contribution in [-0.4, -0.2) is 17.0 Å². The van der Waals surface area contributed by atoms with Gasteiger partial charge in [-0.15, -0.1) is 0 Å². The van der Waals surface area contributed by atoms with Crippen LogP contribution in [0.25, 0.3) is 0 Å². The summed E-state index contributed by atoms with van der Waals surface area (Å²) in [5.41, 5.74) is -0.243.